The van der Waals surface area contributed by atoms with E-state index in [0.717, 1.165) is 85.4 Å². The number of hydrogen-bond acceptors (Lipinski definition) is 15. The number of hydrogen-bond donors (Lipinski definition) is 3. The van der Waals surface area contributed by atoms with Gasteiger partial charge in [-0.1, -0.05) is 49.7 Å². The molecule has 1 saturated carbocycles. The highest BCUT2D eigenvalue weighted by atomic mass is 35.5. The number of aryl methyl sites for hydroxylation is 1. The van der Waals surface area contributed by atoms with Crippen molar-refractivity contribution in [3.05, 3.63) is 87.6 Å². The molecule has 2 amide bonds. The number of fused-ring (bicyclic) bond motifs is 4. The number of rotatable bonds is 14. The molecule has 12 rings (SSSR count). The summed E-state index contributed by atoms with van der Waals surface area (Å²) >= 11 is 8.05. The number of aromatic hydroxyl groups is 1. The number of carbonyl (C=O) groups is 2. The number of amides is 2. The number of anilines is 1. The Hall–Kier alpha value is -5.95. The van der Waals surface area contributed by atoms with Crippen LogP contribution in [0.1, 0.15) is 125 Å². The third-order valence-electron chi connectivity index (χ3n) is 16.2. The van der Waals surface area contributed by atoms with E-state index in [1.807, 2.05) is 45.3 Å². The number of phenolic OH excluding ortho intramolecular Hbond substituents is 1. The number of carbonyl (C=O) groups excluding carboxylic acids is 2. The first kappa shape index (κ1) is 51.2. The van der Waals surface area contributed by atoms with E-state index in [1.54, 1.807) is 28.5 Å². The van der Waals surface area contributed by atoms with Crippen molar-refractivity contribution >= 4 is 51.5 Å². The minimum Gasteiger partial charge on any atom is -0.508 e. The molecule has 5 aliphatic heterocycles. The van der Waals surface area contributed by atoms with Crippen molar-refractivity contribution in [3.63, 3.8) is 0 Å². The van der Waals surface area contributed by atoms with Gasteiger partial charge in [-0.05, 0) is 130 Å². The Balaban J connectivity index is 0.000000167. The van der Waals surface area contributed by atoms with Crippen molar-refractivity contribution in [2.45, 2.75) is 140 Å². The lowest BCUT2D eigenvalue weighted by molar-refractivity contribution is -0.141. The molecule has 2 bridgehead atoms. The van der Waals surface area contributed by atoms with E-state index in [0.29, 0.717) is 77.2 Å². The molecule has 4 aromatic heterocycles. The van der Waals surface area contributed by atoms with Crippen LogP contribution in [-0.2, 0) is 9.59 Å². The van der Waals surface area contributed by atoms with Crippen molar-refractivity contribution < 1.29 is 33.1 Å². The molecule has 0 spiro atoms. The van der Waals surface area contributed by atoms with E-state index in [1.165, 1.54) is 38.5 Å². The molecule has 1 aliphatic carbocycles. The second kappa shape index (κ2) is 21.6. The van der Waals surface area contributed by atoms with Gasteiger partial charge >= 0.3 is 6.01 Å². The highest BCUT2D eigenvalue weighted by Gasteiger charge is 2.42. The summed E-state index contributed by atoms with van der Waals surface area (Å²) in [6, 6.07) is 14.4. The maximum atomic E-state index is 15.9. The number of pyridine rings is 1. The minimum atomic E-state index is -0.564. The van der Waals surface area contributed by atoms with Crippen LogP contribution in [0.25, 0.3) is 32.6 Å². The SMILES string of the molecule is COc1nc(N2CC3CCC(C2)N3)c2cnc(-c3cc(O)cc(Cl)c3C3CC3)c(F)c2n1.Cc1ncsc1-c1ccc(C(C)NC(=O)C2CCCN2C(=O)C(c2cc(OCC3CCC4CCCN43)no2)C(C)C)cc1. The summed E-state index contributed by atoms with van der Waals surface area (Å²) in [5, 5.41) is 22.0. The second-order valence-electron chi connectivity index (χ2n) is 21.6. The first-order valence-electron chi connectivity index (χ1n) is 26.7. The van der Waals surface area contributed by atoms with Crippen LogP contribution in [0.2, 0.25) is 5.02 Å². The zero-order chi connectivity index (χ0) is 52.1. The largest absolute Gasteiger partial charge is 0.508 e. The molecule has 6 aliphatic rings. The van der Waals surface area contributed by atoms with Gasteiger partial charge in [-0.15, -0.1) is 11.3 Å². The Morgan fingerprint density at radius 2 is 1.75 bits per heavy atom. The van der Waals surface area contributed by atoms with Gasteiger partial charge in [0.15, 0.2) is 11.6 Å². The normalized spacial score (nSPS) is 23.1. The topological polar surface area (TPSA) is 184 Å². The van der Waals surface area contributed by atoms with Crippen molar-refractivity contribution in [1.29, 1.82) is 0 Å². The number of methoxy groups -OCH3 is 1. The smallest absolute Gasteiger partial charge is 0.318 e. The van der Waals surface area contributed by atoms with Crippen LogP contribution in [0.4, 0.5) is 10.2 Å². The van der Waals surface area contributed by atoms with Crippen LogP contribution in [0.15, 0.2) is 58.7 Å². The van der Waals surface area contributed by atoms with Gasteiger partial charge < -0.3 is 39.5 Å². The number of benzene rings is 2. The number of likely N-dealkylation sites (tertiary alicyclic amines) is 1. The summed E-state index contributed by atoms with van der Waals surface area (Å²) in [6.45, 7) is 11.9. The second-order valence-corrected chi connectivity index (χ2v) is 22.9. The van der Waals surface area contributed by atoms with Crippen molar-refractivity contribution in [1.82, 2.24) is 45.5 Å². The van der Waals surface area contributed by atoms with Gasteiger partial charge in [0.25, 0.3) is 5.88 Å². The summed E-state index contributed by atoms with van der Waals surface area (Å²) in [4.78, 5) is 52.8. The molecular weight excluding hydrogens is 995 g/mol. The van der Waals surface area contributed by atoms with E-state index in [4.69, 9.17) is 25.6 Å². The third-order valence-corrected chi connectivity index (χ3v) is 17.5. The van der Waals surface area contributed by atoms with Gasteiger partial charge in [0.2, 0.25) is 11.8 Å². The lowest BCUT2D eigenvalue weighted by Crippen LogP contribution is -2.51. The molecule has 6 aromatic rings. The van der Waals surface area contributed by atoms with Crippen molar-refractivity contribution in [2.24, 2.45) is 5.92 Å². The summed E-state index contributed by atoms with van der Waals surface area (Å²) in [5.74, 6) is 0.448. The van der Waals surface area contributed by atoms with Crippen LogP contribution < -0.4 is 25.0 Å². The molecule has 3 N–H and O–H groups in total. The van der Waals surface area contributed by atoms with Crippen LogP contribution in [0.5, 0.6) is 17.6 Å². The average molecular weight is 1060 g/mol. The zero-order valence-electron chi connectivity index (χ0n) is 43.2. The molecule has 16 nitrogen and oxygen atoms in total. The monoisotopic (exact) mass is 1060 g/mol. The lowest BCUT2D eigenvalue weighted by atomic mass is 9.91. The molecule has 75 heavy (non-hydrogen) atoms. The fourth-order valence-corrected chi connectivity index (χ4v) is 13.4. The van der Waals surface area contributed by atoms with Crippen LogP contribution in [-0.4, -0.2) is 122 Å². The molecule has 5 saturated heterocycles. The number of aromatic nitrogens is 5. The number of thiazole rings is 1. The van der Waals surface area contributed by atoms with Gasteiger partial charge in [-0.25, -0.2) is 9.37 Å². The predicted octanol–water partition coefficient (Wildman–Crippen LogP) is 9.74. The predicted molar refractivity (Wildman–Crippen MR) is 286 cm³/mol. The molecule has 6 fully saturated rings. The van der Waals surface area contributed by atoms with E-state index in [2.05, 4.69) is 57.7 Å². The van der Waals surface area contributed by atoms with Gasteiger partial charge in [-0.3, -0.25) is 19.5 Å². The quantitative estimate of drug-likeness (QED) is 0.0937. The summed E-state index contributed by atoms with van der Waals surface area (Å²) in [7, 11) is 1.48. The summed E-state index contributed by atoms with van der Waals surface area (Å²) < 4.78 is 33.0. The zero-order valence-corrected chi connectivity index (χ0v) is 44.8. The minimum absolute atomic E-state index is 0.0204. The van der Waals surface area contributed by atoms with E-state index in [9.17, 15) is 14.7 Å². The highest BCUT2D eigenvalue weighted by molar-refractivity contribution is 7.13. The number of piperazine rings is 1. The Kier molecular flexibility index (Phi) is 14.7. The molecule has 0 radical (unpaired) electrons. The van der Waals surface area contributed by atoms with E-state index in [-0.39, 0.29) is 52.7 Å². The summed E-state index contributed by atoms with van der Waals surface area (Å²) in [5.41, 5.74) is 6.63. The number of nitrogens with one attached hydrogen (secondary N) is 2. The molecule has 9 heterocycles. The maximum absolute atomic E-state index is 15.9. The Bertz CT molecular complexity index is 3050. The highest BCUT2D eigenvalue weighted by Crippen LogP contribution is 2.49. The average Bonchev–Trinajstić information content (AvgIpc) is 4.07. The first-order chi connectivity index (χ1) is 36.3. The van der Waals surface area contributed by atoms with Gasteiger partial charge in [0, 0.05) is 66.7 Å². The standard InChI is InChI=1S/C33H43N5O4S.C23H23ClFN5O2/c1-20(2)30(28-17-29(36-42-28)41-18-26-14-13-25-7-5-15-37(25)26)33(40)38-16-6-8-27(38)32(39)35-21(3)23-9-11-24(12-10-23)31-22(4)34-19-43-31;1-32-23-28-21-16(22(29-23)30-9-12-4-5-13(10-30)27-12)8-26-20(19(21)25)15-6-14(31)7-17(24)18(15)11-2-3-11/h9-12,17,19-21,25-27,30H,5-8,13-16,18H2,1-4H3,(H,35,39);6-8,11-13,27,31H,2-5,9-10H2,1H3. The lowest BCUT2D eigenvalue weighted by Gasteiger charge is -2.34. The Labute approximate surface area is 445 Å². The maximum Gasteiger partial charge on any atom is 0.318 e. The number of nitrogens with zero attached hydrogens (tertiary/aromatic N) is 8. The summed E-state index contributed by atoms with van der Waals surface area (Å²) in [6.07, 6.45) is 12.2. The molecule has 2 aromatic carbocycles. The van der Waals surface area contributed by atoms with Gasteiger partial charge in [0.1, 0.15) is 41.3 Å². The molecule has 7 atom stereocenters. The first-order valence-corrected chi connectivity index (χ1v) is 28.0. The van der Waals surface area contributed by atoms with Crippen LogP contribution in [0.3, 0.4) is 0 Å². The fourth-order valence-electron chi connectivity index (χ4n) is 12.3. The van der Waals surface area contributed by atoms with Gasteiger partial charge in [-0.2, -0.15) is 9.97 Å². The third kappa shape index (κ3) is 10.5. The Morgan fingerprint density at radius 1 is 0.973 bits per heavy atom. The van der Waals surface area contributed by atoms with Gasteiger partial charge in [0.05, 0.1) is 34.6 Å². The van der Waals surface area contributed by atoms with E-state index >= 15 is 4.39 Å². The Morgan fingerprint density at radius 3 is 2.47 bits per heavy atom. The number of phenols is 1. The van der Waals surface area contributed by atoms with Crippen LogP contribution in [0, 0.1) is 18.7 Å². The van der Waals surface area contributed by atoms with Crippen molar-refractivity contribution in [3.8, 4) is 39.3 Å². The number of ether oxygens (including phenoxy) is 2. The molecule has 19 heteroatoms. The van der Waals surface area contributed by atoms with Crippen molar-refractivity contribution in [2.75, 3.05) is 44.8 Å². The fraction of sp³-hybridized carbons (Fsp3) is 0.518. The van der Waals surface area contributed by atoms with Crippen LogP contribution >= 0.6 is 22.9 Å². The molecule has 396 valence electrons. The number of halogens is 2. The molecule has 7 unspecified atom stereocenters. The molecular formula is C56H66ClFN10O6S. The van der Waals surface area contributed by atoms with E-state index < -0.39 is 17.8 Å².